The minimum absolute atomic E-state index is 0.0724. The maximum absolute atomic E-state index is 12.5. The fourth-order valence-electron chi connectivity index (χ4n) is 3.84. The second-order valence-corrected chi connectivity index (χ2v) is 9.41. The number of methoxy groups -OCH3 is 1. The first-order chi connectivity index (χ1) is 16.1. The van der Waals surface area contributed by atoms with E-state index in [-0.39, 0.29) is 11.8 Å². The average molecular weight is 467 g/mol. The smallest absolute Gasteiger partial charge is 0.241 e. The number of benzene rings is 2. The first-order valence-corrected chi connectivity index (χ1v) is 12.3. The second-order valence-electron chi connectivity index (χ2n) is 8.24. The van der Waals surface area contributed by atoms with Gasteiger partial charge in [-0.2, -0.15) is 4.98 Å². The molecule has 1 aliphatic heterocycles. The van der Waals surface area contributed by atoms with Gasteiger partial charge in [0.25, 0.3) is 0 Å². The molecule has 0 saturated carbocycles. The van der Waals surface area contributed by atoms with Crippen LogP contribution in [0.15, 0.2) is 57.9 Å². The lowest BCUT2D eigenvalue weighted by molar-refractivity contribution is -0.126. The Balaban J connectivity index is 1.17. The summed E-state index contributed by atoms with van der Waals surface area (Å²) in [7, 11) is 1.64. The highest BCUT2D eigenvalue weighted by Crippen LogP contribution is 2.22. The molecule has 2 heterocycles. The highest BCUT2D eigenvalue weighted by atomic mass is 32.2. The largest absolute Gasteiger partial charge is 0.497 e. The van der Waals surface area contributed by atoms with Gasteiger partial charge in [-0.3, -0.25) is 9.69 Å². The van der Waals surface area contributed by atoms with Gasteiger partial charge in [0.1, 0.15) is 5.75 Å². The molecule has 0 spiro atoms. The van der Waals surface area contributed by atoms with E-state index in [0.29, 0.717) is 24.8 Å². The normalized spacial score (nSPS) is 14.8. The highest BCUT2D eigenvalue weighted by Gasteiger charge is 2.25. The number of hydrogen-bond donors (Lipinski definition) is 1. The van der Waals surface area contributed by atoms with Crippen LogP contribution in [-0.4, -0.2) is 53.4 Å². The summed E-state index contributed by atoms with van der Waals surface area (Å²) in [6.45, 7) is 5.06. The Bertz CT molecular complexity index is 1030. The Morgan fingerprint density at radius 1 is 1.15 bits per heavy atom. The van der Waals surface area contributed by atoms with E-state index in [4.69, 9.17) is 9.26 Å². The molecule has 1 aromatic heterocycles. The number of rotatable bonds is 9. The molecule has 8 heteroatoms. The number of nitrogens with one attached hydrogen (secondary N) is 1. The molecule has 174 valence electrons. The summed E-state index contributed by atoms with van der Waals surface area (Å²) in [5.74, 6) is 3.07. The molecule has 1 fully saturated rings. The summed E-state index contributed by atoms with van der Waals surface area (Å²) in [6.07, 6.45) is 1.69. The SMILES string of the molecule is COc1ccc(-c2noc(CN3CCC(C(=O)NCCSc4ccc(C)cc4)CC3)n2)cc1. The Morgan fingerprint density at radius 3 is 2.58 bits per heavy atom. The monoisotopic (exact) mass is 466 g/mol. The van der Waals surface area contributed by atoms with Crippen LogP contribution in [0.25, 0.3) is 11.4 Å². The molecule has 0 atom stereocenters. The number of aromatic nitrogens is 2. The molecule has 1 amide bonds. The van der Waals surface area contributed by atoms with Gasteiger partial charge in [-0.05, 0) is 69.3 Å². The van der Waals surface area contributed by atoms with Crippen LogP contribution in [0.4, 0.5) is 0 Å². The molecular weight excluding hydrogens is 436 g/mol. The third kappa shape index (κ3) is 6.58. The number of nitrogens with zero attached hydrogens (tertiary/aromatic N) is 3. The summed E-state index contributed by atoms with van der Waals surface area (Å²) in [6, 6.07) is 16.1. The number of carbonyl (C=O) groups is 1. The average Bonchev–Trinajstić information content (AvgIpc) is 3.32. The lowest BCUT2D eigenvalue weighted by atomic mass is 9.96. The Labute approximate surface area is 198 Å². The number of likely N-dealkylation sites (tertiary alicyclic amines) is 1. The molecule has 1 N–H and O–H groups in total. The second kappa shape index (κ2) is 11.3. The van der Waals surface area contributed by atoms with E-state index in [9.17, 15) is 4.79 Å². The summed E-state index contributed by atoms with van der Waals surface area (Å²) < 4.78 is 10.6. The van der Waals surface area contributed by atoms with E-state index < -0.39 is 0 Å². The van der Waals surface area contributed by atoms with E-state index in [1.807, 2.05) is 24.3 Å². The van der Waals surface area contributed by atoms with E-state index in [2.05, 4.69) is 51.5 Å². The zero-order valence-corrected chi connectivity index (χ0v) is 19.9. The zero-order valence-electron chi connectivity index (χ0n) is 19.1. The van der Waals surface area contributed by atoms with Crippen LogP contribution >= 0.6 is 11.8 Å². The van der Waals surface area contributed by atoms with Crippen molar-refractivity contribution in [2.75, 3.05) is 32.5 Å². The lowest BCUT2D eigenvalue weighted by Crippen LogP contribution is -2.40. The van der Waals surface area contributed by atoms with Crippen LogP contribution in [0.1, 0.15) is 24.3 Å². The molecular formula is C25H30N4O3S. The van der Waals surface area contributed by atoms with Crippen molar-refractivity contribution >= 4 is 17.7 Å². The van der Waals surface area contributed by atoms with Crippen LogP contribution in [-0.2, 0) is 11.3 Å². The summed E-state index contributed by atoms with van der Waals surface area (Å²) in [5, 5.41) is 7.20. The molecule has 0 radical (unpaired) electrons. The van der Waals surface area contributed by atoms with Gasteiger partial charge < -0.3 is 14.6 Å². The van der Waals surface area contributed by atoms with Crippen molar-refractivity contribution in [1.29, 1.82) is 0 Å². The lowest BCUT2D eigenvalue weighted by Gasteiger charge is -2.30. The number of ether oxygens (including phenoxy) is 1. The van der Waals surface area contributed by atoms with Crippen LogP contribution in [0.2, 0.25) is 0 Å². The number of piperidine rings is 1. The van der Waals surface area contributed by atoms with Crippen molar-refractivity contribution in [3.05, 3.63) is 60.0 Å². The van der Waals surface area contributed by atoms with Gasteiger partial charge in [0, 0.05) is 28.7 Å². The zero-order chi connectivity index (χ0) is 23.0. The van der Waals surface area contributed by atoms with Crippen molar-refractivity contribution < 1.29 is 14.1 Å². The Kier molecular flexibility index (Phi) is 8.01. The fourth-order valence-corrected chi connectivity index (χ4v) is 4.61. The molecule has 7 nitrogen and oxygen atoms in total. The number of carbonyl (C=O) groups excluding carboxylic acids is 1. The van der Waals surface area contributed by atoms with E-state index >= 15 is 0 Å². The number of aryl methyl sites for hydroxylation is 1. The third-order valence-electron chi connectivity index (χ3n) is 5.82. The maximum atomic E-state index is 12.5. The number of amides is 1. The van der Waals surface area contributed by atoms with Gasteiger partial charge in [0.15, 0.2) is 0 Å². The summed E-state index contributed by atoms with van der Waals surface area (Å²) >= 11 is 1.77. The van der Waals surface area contributed by atoms with E-state index in [1.54, 1.807) is 18.9 Å². The predicted molar refractivity (Wildman–Crippen MR) is 129 cm³/mol. The van der Waals surface area contributed by atoms with Crippen molar-refractivity contribution in [1.82, 2.24) is 20.4 Å². The first-order valence-electron chi connectivity index (χ1n) is 11.3. The number of thioether (sulfide) groups is 1. The van der Waals surface area contributed by atoms with Gasteiger partial charge in [-0.15, -0.1) is 11.8 Å². The standard InChI is InChI=1S/C25H30N4O3S/c1-18-3-9-22(10-4-18)33-16-13-26-25(30)20-11-14-29(15-12-20)17-23-27-24(28-32-23)19-5-7-21(31-2)8-6-19/h3-10,20H,11-17H2,1-2H3,(H,26,30). The van der Waals surface area contributed by atoms with E-state index in [0.717, 1.165) is 43.0 Å². The van der Waals surface area contributed by atoms with Gasteiger partial charge in [0.05, 0.1) is 13.7 Å². The summed E-state index contributed by atoms with van der Waals surface area (Å²) in [5.41, 5.74) is 2.15. The topological polar surface area (TPSA) is 80.5 Å². The predicted octanol–water partition coefficient (Wildman–Crippen LogP) is 4.17. The molecule has 2 aromatic carbocycles. The molecule has 0 aliphatic carbocycles. The minimum Gasteiger partial charge on any atom is -0.497 e. The molecule has 0 unspecified atom stereocenters. The van der Waals surface area contributed by atoms with Crippen molar-refractivity contribution in [3.63, 3.8) is 0 Å². The molecule has 1 aliphatic rings. The van der Waals surface area contributed by atoms with Crippen LogP contribution in [0.3, 0.4) is 0 Å². The molecule has 33 heavy (non-hydrogen) atoms. The molecule has 0 bridgehead atoms. The highest BCUT2D eigenvalue weighted by molar-refractivity contribution is 7.99. The Hall–Kier alpha value is -2.84. The van der Waals surface area contributed by atoms with Gasteiger partial charge >= 0.3 is 0 Å². The van der Waals surface area contributed by atoms with Crippen molar-refractivity contribution in [3.8, 4) is 17.1 Å². The van der Waals surface area contributed by atoms with Gasteiger partial charge in [0.2, 0.25) is 17.6 Å². The van der Waals surface area contributed by atoms with Crippen molar-refractivity contribution in [2.45, 2.75) is 31.2 Å². The molecule has 1 saturated heterocycles. The minimum atomic E-state index is 0.0724. The van der Waals surface area contributed by atoms with Crippen LogP contribution in [0.5, 0.6) is 5.75 Å². The maximum Gasteiger partial charge on any atom is 0.241 e. The van der Waals surface area contributed by atoms with Gasteiger partial charge in [-0.1, -0.05) is 22.9 Å². The van der Waals surface area contributed by atoms with Gasteiger partial charge in [-0.25, -0.2) is 0 Å². The number of hydrogen-bond acceptors (Lipinski definition) is 7. The quantitative estimate of drug-likeness (QED) is 0.374. The van der Waals surface area contributed by atoms with Crippen LogP contribution < -0.4 is 10.1 Å². The van der Waals surface area contributed by atoms with Crippen molar-refractivity contribution in [2.24, 2.45) is 5.92 Å². The first kappa shape index (κ1) is 23.3. The third-order valence-corrected chi connectivity index (χ3v) is 6.84. The van der Waals surface area contributed by atoms with Crippen LogP contribution in [0, 0.1) is 12.8 Å². The summed E-state index contributed by atoms with van der Waals surface area (Å²) in [4.78, 5) is 20.6. The Morgan fingerprint density at radius 2 is 1.88 bits per heavy atom. The molecule has 4 rings (SSSR count). The van der Waals surface area contributed by atoms with E-state index in [1.165, 1.54) is 10.5 Å². The fraction of sp³-hybridized carbons (Fsp3) is 0.400. The molecule has 3 aromatic rings.